The van der Waals surface area contributed by atoms with Crippen LogP contribution in [0.4, 0.5) is 5.69 Å². The van der Waals surface area contributed by atoms with Gasteiger partial charge < -0.3 is 9.47 Å². The van der Waals surface area contributed by atoms with Crippen LogP contribution in [0.3, 0.4) is 0 Å². The summed E-state index contributed by atoms with van der Waals surface area (Å²) >= 11 is 0. The van der Waals surface area contributed by atoms with E-state index in [9.17, 15) is 14.9 Å². The lowest BCUT2D eigenvalue weighted by Crippen LogP contribution is -2.24. The molecule has 0 aliphatic heterocycles. The maximum absolute atomic E-state index is 11.5. The molecule has 0 N–H and O–H groups in total. The average molecular weight is 295 g/mol. The Labute approximate surface area is 124 Å². The van der Waals surface area contributed by atoms with Crippen LogP contribution in [-0.2, 0) is 16.0 Å². The molecule has 0 atom stereocenters. The molecular weight excluding hydrogens is 274 g/mol. The van der Waals surface area contributed by atoms with E-state index < -0.39 is 16.5 Å². The lowest BCUT2D eigenvalue weighted by atomic mass is 10.1. The van der Waals surface area contributed by atoms with Gasteiger partial charge in [-0.25, -0.2) is 0 Å². The summed E-state index contributed by atoms with van der Waals surface area (Å²) in [5, 5.41) is 11.0. The number of esters is 1. The molecule has 0 saturated heterocycles. The van der Waals surface area contributed by atoms with E-state index in [2.05, 4.69) is 0 Å². The number of aryl methyl sites for hydroxylation is 1. The van der Waals surface area contributed by atoms with Crippen LogP contribution in [0.25, 0.3) is 0 Å². The number of rotatable bonds is 6. The number of carbonyl (C=O) groups excluding carboxylic acids is 1. The fourth-order valence-electron chi connectivity index (χ4n) is 1.68. The standard InChI is InChI=1S/C15H21NO5/c1-5-11-6-7-13(12(10-11)16(18)19)20-9-8-14(17)21-15(2,3)4/h6-7,10H,5,8-9H2,1-4H3. The minimum absolute atomic E-state index is 0.0429. The molecule has 6 nitrogen and oxygen atoms in total. The van der Waals surface area contributed by atoms with Gasteiger partial charge in [-0.3, -0.25) is 14.9 Å². The first-order chi connectivity index (χ1) is 9.73. The van der Waals surface area contributed by atoms with Gasteiger partial charge in [0.15, 0.2) is 5.75 Å². The monoisotopic (exact) mass is 295 g/mol. The molecular formula is C15H21NO5. The van der Waals surface area contributed by atoms with Crippen molar-refractivity contribution in [2.24, 2.45) is 0 Å². The molecule has 0 aromatic heterocycles. The van der Waals surface area contributed by atoms with E-state index in [4.69, 9.17) is 9.47 Å². The van der Waals surface area contributed by atoms with Gasteiger partial charge in [-0.2, -0.15) is 0 Å². The van der Waals surface area contributed by atoms with E-state index in [0.29, 0.717) is 6.42 Å². The molecule has 0 amide bonds. The summed E-state index contributed by atoms with van der Waals surface area (Å²) in [6.45, 7) is 7.30. The molecule has 0 aliphatic rings. The Kier molecular flexibility index (Phi) is 5.69. The number of nitro groups is 1. The number of hydrogen-bond acceptors (Lipinski definition) is 5. The number of nitro benzene ring substituents is 1. The second kappa shape index (κ2) is 7.06. The Bertz CT molecular complexity index is 519. The van der Waals surface area contributed by atoms with Crippen molar-refractivity contribution >= 4 is 11.7 Å². The molecule has 6 heteroatoms. The number of benzene rings is 1. The number of carbonyl (C=O) groups is 1. The smallest absolute Gasteiger partial charge is 0.311 e. The van der Waals surface area contributed by atoms with Crippen molar-refractivity contribution in [1.29, 1.82) is 0 Å². The van der Waals surface area contributed by atoms with Crippen LogP contribution in [0.1, 0.15) is 39.7 Å². The molecule has 1 rings (SSSR count). The van der Waals surface area contributed by atoms with E-state index in [-0.39, 0.29) is 24.5 Å². The van der Waals surface area contributed by atoms with Gasteiger partial charge in [0.25, 0.3) is 0 Å². The van der Waals surface area contributed by atoms with Crippen LogP contribution in [-0.4, -0.2) is 23.1 Å². The summed E-state index contributed by atoms with van der Waals surface area (Å²) in [5.41, 5.74) is 0.228. The molecule has 0 heterocycles. The minimum Gasteiger partial charge on any atom is -0.486 e. The van der Waals surface area contributed by atoms with E-state index in [1.807, 2.05) is 6.92 Å². The quantitative estimate of drug-likeness (QED) is 0.457. The normalized spacial score (nSPS) is 11.0. The van der Waals surface area contributed by atoms with Gasteiger partial charge in [-0.05, 0) is 38.8 Å². The van der Waals surface area contributed by atoms with Gasteiger partial charge in [-0.1, -0.05) is 13.0 Å². The fourth-order valence-corrected chi connectivity index (χ4v) is 1.68. The predicted molar refractivity (Wildman–Crippen MR) is 78.4 cm³/mol. The van der Waals surface area contributed by atoms with Crippen LogP contribution < -0.4 is 4.74 Å². The van der Waals surface area contributed by atoms with Crippen molar-refractivity contribution in [2.75, 3.05) is 6.61 Å². The summed E-state index contributed by atoms with van der Waals surface area (Å²) in [5.74, 6) is -0.226. The van der Waals surface area contributed by atoms with Crippen molar-refractivity contribution < 1.29 is 19.2 Å². The molecule has 0 spiro atoms. The summed E-state index contributed by atoms with van der Waals surface area (Å²) in [6.07, 6.45) is 0.753. The average Bonchev–Trinajstić information content (AvgIpc) is 2.36. The van der Waals surface area contributed by atoms with E-state index >= 15 is 0 Å². The van der Waals surface area contributed by atoms with Crippen LogP contribution in [0.15, 0.2) is 18.2 Å². The van der Waals surface area contributed by atoms with Crippen molar-refractivity contribution in [3.8, 4) is 5.75 Å². The summed E-state index contributed by atoms with van der Waals surface area (Å²) in [4.78, 5) is 22.1. The third-order valence-electron chi connectivity index (χ3n) is 2.61. The molecule has 0 bridgehead atoms. The molecule has 0 radical (unpaired) electrons. The van der Waals surface area contributed by atoms with Crippen LogP contribution in [0.2, 0.25) is 0 Å². The van der Waals surface area contributed by atoms with E-state index in [1.165, 1.54) is 6.07 Å². The Morgan fingerprint density at radius 1 is 1.33 bits per heavy atom. The first-order valence-corrected chi connectivity index (χ1v) is 6.85. The third kappa shape index (κ3) is 5.81. The first kappa shape index (κ1) is 16.9. The maximum Gasteiger partial charge on any atom is 0.311 e. The Balaban J connectivity index is 2.63. The topological polar surface area (TPSA) is 78.7 Å². The zero-order chi connectivity index (χ0) is 16.0. The Morgan fingerprint density at radius 3 is 2.52 bits per heavy atom. The van der Waals surface area contributed by atoms with Gasteiger partial charge in [0, 0.05) is 6.07 Å². The summed E-state index contributed by atoms with van der Waals surface area (Å²) in [7, 11) is 0. The largest absolute Gasteiger partial charge is 0.486 e. The molecule has 0 aliphatic carbocycles. The molecule has 0 saturated carbocycles. The third-order valence-corrected chi connectivity index (χ3v) is 2.61. The summed E-state index contributed by atoms with van der Waals surface area (Å²) in [6, 6.07) is 4.82. The summed E-state index contributed by atoms with van der Waals surface area (Å²) < 4.78 is 10.5. The number of nitrogens with zero attached hydrogens (tertiary/aromatic N) is 1. The second-order valence-corrected chi connectivity index (χ2v) is 5.60. The first-order valence-electron chi connectivity index (χ1n) is 6.85. The molecule has 1 aromatic carbocycles. The molecule has 116 valence electrons. The molecule has 21 heavy (non-hydrogen) atoms. The highest BCUT2D eigenvalue weighted by atomic mass is 16.6. The minimum atomic E-state index is -0.550. The molecule has 0 unspecified atom stereocenters. The maximum atomic E-state index is 11.5. The predicted octanol–water partition coefficient (Wildman–Crippen LogP) is 3.27. The van der Waals surface area contributed by atoms with Crippen LogP contribution in [0, 0.1) is 10.1 Å². The highest BCUT2D eigenvalue weighted by molar-refractivity contribution is 5.70. The second-order valence-electron chi connectivity index (χ2n) is 5.60. The van der Waals surface area contributed by atoms with Crippen molar-refractivity contribution in [2.45, 2.75) is 46.1 Å². The zero-order valence-electron chi connectivity index (χ0n) is 12.8. The lowest BCUT2D eigenvalue weighted by Gasteiger charge is -2.19. The Morgan fingerprint density at radius 2 is 2.00 bits per heavy atom. The SMILES string of the molecule is CCc1ccc(OCCC(=O)OC(C)(C)C)c([N+](=O)[O-])c1. The fraction of sp³-hybridized carbons (Fsp3) is 0.533. The van der Waals surface area contributed by atoms with Crippen LogP contribution in [0.5, 0.6) is 5.75 Å². The van der Waals surface area contributed by atoms with Gasteiger partial charge in [-0.15, -0.1) is 0 Å². The van der Waals surface area contributed by atoms with Gasteiger partial charge >= 0.3 is 11.7 Å². The highest BCUT2D eigenvalue weighted by Gasteiger charge is 2.18. The zero-order valence-corrected chi connectivity index (χ0v) is 12.8. The van der Waals surface area contributed by atoms with Crippen molar-refractivity contribution in [3.05, 3.63) is 33.9 Å². The number of ether oxygens (including phenoxy) is 2. The molecule has 0 fully saturated rings. The van der Waals surface area contributed by atoms with E-state index in [0.717, 1.165) is 5.56 Å². The van der Waals surface area contributed by atoms with Crippen LogP contribution >= 0.6 is 0 Å². The molecule has 1 aromatic rings. The van der Waals surface area contributed by atoms with Crippen molar-refractivity contribution in [3.63, 3.8) is 0 Å². The number of hydrogen-bond donors (Lipinski definition) is 0. The Hall–Kier alpha value is -2.11. The van der Waals surface area contributed by atoms with Gasteiger partial charge in [0.05, 0.1) is 18.0 Å². The van der Waals surface area contributed by atoms with E-state index in [1.54, 1.807) is 32.9 Å². The van der Waals surface area contributed by atoms with Crippen molar-refractivity contribution in [1.82, 2.24) is 0 Å². The lowest BCUT2D eigenvalue weighted by molar-refractivity contribution is -0.385. The van der Waals surface area contributed by atoms with Gasteiger partial charge in [0.2, 0.25) is 0 Å². The highest BCUT2D eigenvalue weighted by Crippen LogP contribution is 2.28. The van der Waals surface area contributed by atoms with Gasteiger partial charge in [0.1, 0.15) is 5.60 Å².